The Labute approximate surface area is 155 Å². The van der Waals surface area contributed by atoms with Crippen molar-refractivity contribution in [3.63, 3.8) is 0 Å². The number of piperazine rings is 1. The molecule has 0 saturated carbocycles. The van der Waals surface area contributed by atoms with Gasteiger partial charge in [0.05, 0.1) is 11.5 Å². The average molecular weight is 370 g/mol. The summed E-state index contributed by atoms with van der Waals surface area (Å²) in [4.78, 5) is 26.6. The molecular weight excluding hydrogens is 348 g/mol. The molecule has 0 spiro atoms. The standard InChI is InChI=1S/C19H22N4O2S/c24-17-10-20-5-6-23(17)18-8-12-7-11(1-4-16(12)26-18)19(25)22-15-9-13-2-3-14(15)21-13/h1,4,7-8,13-15,20-21H,2-3,5-6,9-10H2,(H,22,25)/t13-,14+,15-/m1/s1. The first-order valence-corrected chi connectivity index (χ1v) is 10.1. The van der Waals surface area contributed by atoms with E-state index in [0.29, 0.717) is 30.7 Å². The van der Waals surface area contributed by atoms with Crippen LogP contribution in [0.15, 0.2) is 24.3 Å². The Morgan fingerprint density at radius 2 is 2.19 bits per heavy atom. The fourth-order valence-electron chi connectivity index (χ4n) is 4.38. The van der Waals surface area contributed by atoms with Gasteiger partial charge in [-0.1, -0.05) is 0 Å². The molecule has 5 rings (SSSR count). The van der Waals surface area contributed by atoms with E-state index in [9.17, 15) is 9.59 Å². The summed E-state index contributed by atoms with van der Waals surface area (Å²) >= 11 is 1.61. The summed E-state index contributed by atoms with van der Waals surface area (Å²) in [5, 5.41) is 11.8. The summed E-state index contributed by atoms with van der Waals surface area (Å²) in [5.41, 5.74) is 0.691. The maximum atomic E-state index is 12.7. The van der Waals surface area contributed by atoms with Gasteiger partial charge >= 0.3 is 0 Å². The van der Waals surface area contributed by atoms with Gasteiger partial charge in [0.2, 0.25) is 5.91 Å². The van der Waals surface area contributed by atoms with E-state index >= 15 is 0 Å². The second kappa shape index (κ2) is 6.33. The highest BCUT2D eigenvalue weighted by Gasteiger charge is 2.39. The van der Waals surface area contributed by atoms with Crippen LogP contribution in [0.3, 0.4) is 0 Å². The SMILES string of the molecule is O=C(N[C@@H]1C[C@H]2CC[C@@H]1N2)c1ccc2sc(N3CCNCC3=O)cc2c1. The Balaban J connectivity index is 1.36. The Morgan fingerprint density at radius 3 is 2.96 bits per heavy atom. The number of fused-ring (bicyclic) bond motifs is 3. The largest absolute Gasteiger partial charge is 0.348 e. The van der Waals surface area contributed by atoms with Gasteiger partial charge in [-0.25, -0.2) is 0 Å². The third-order valence-corrected chi connectivity index (χ3v) is 6.88. The van der Waals surface area contributed by atoms with Gasteiger partial charge in [-0.05, 0) is 48.9 Å². The quantitative estimate of drug-likeness (QED) is 0.765. The Hall–Kier alpha value is -1.96. The van der Waals surface area contributed by atoms with E-state index in [4.69, 9.17) is 0 Å². The lowest BCUT2D eigenvalue weighted by atomic mass is 9.95. The van der Waals surface area contributed by atoms with Crippen LogP contribution in [0.1, 0.15) is 29.6 Å². The van der Waals surface area contributed by atoms with E-state index in [1.54, 1.807) is 11.3 Å². The number of carbonyl (C=O) groups is 2. The number of nitrogens with one attached hydrogen (secondary N) is 3. The molecule has 3 saturated heterocycles. The van der Waals surface area contributed by atoms with Crippen LogP contribution in [0.5, 0.6) is 0 Å². The molecule has 6 nitrogen and oxygen atoms in total. The van der Waals surface area contributed by atoms with Crippen molar-refractivity contribution in [1.82, 2.24) is 16.0 Å². The van der Waals surface area contributed by atoms with Crippen molar-refractivity contribution in [3.8, 4) is 0 Å². The molecule has 2 bridgehead atoms. The summed E-state index contributed by atoms with van der Waals surface area (Å²) in [6.45, 7) is 1.89. The third kappa shape index (κ3) is 2.80. The molecule has 1 aromatic carbocycles. The lowest BCUT2D eigenvalue weighted by molar-refractivity contribution is -0.118. The normalized spacial score (nSPS) is 28.1. The van der Waals surface area contributed by atoms with E-state index in [1.165, 1.54) is 6.42 Å². The lowest BCUT2D eigenvalue weighted by Gasteiger charge is -2.25. The lowest BCUT2D eigenvalue weighted by Crippen LogP contribution is -2.47. The van der Waals surface area contributed by atoms with Gasteiger partial charge in [-0.3, -0.25) is 9.59 Å². The number of hydrogen-bond acceptors (Lipinski definition) is 5. The van der Waals surface area contributed by atoms with E-state index in [2.05, 4.69) is 16.0 Å². The van der Waals surface area contributed by atoms with Crippen LogP contribution in [-0.4, -0.2) is 49.6 Å². The van der Waals surface area contributed by atoms with Crippen LogP contribution >= 0.6 is 11.3 Å². The molecule has 3 aliphatic rings. The summed E-state index contributed by atoms with van der Waals surface area (Å²) in [7, 11) is 0. The molecule has 3 N–H and O–H groups in total. The van der Waals surface area contributed by atoms with Crippen molar-refractivity contribution in [3.05, 3.63) is 29.8 Å². The van der Waals surface area contributed by atoms with Crippen LogP contribution in [-0.2, 0) is 4.79 Å². The van der Waals surface area contributed by atoms with E-state index in [0.717, 1.165) is 34.5 Å². The molecule has 0 unspecified atom stereocenters. The number of amides is 2. The second-order valence-corrected chi connectivity index (χ2v) is 8.48. The van der Waals surface area contributed by atoms with Crippen molar-refractivity contribution < 1.29 is 9.59 Å². The monoisotopic (exact) mass is 370 g/mol. The summed E-state index contributed by atoms with van der Waals surface area (Å²) < 4.78 is 1.10. The predicted octanol–water partition coefficient (Wildman–Crippen LogP) is 1.46. The molecule has 0 aliphatic carbocycles. The van der Waals surface area contributed by atoms with Crippen LogP contribution < -0.4 is 20.9 Å². The van der Waals surface area contributed by atoms with Crippen molar-refractivity contribution in [2.45, 2.75) is 37.4 Å². The number of carbonyl (C=O) groups excluding carboxylic acids is 2. The van der Waals surface area contributed by atoms with Crippen LogP contribution in [0.25, 0.3) is 10.1 Å². The van der Waals surface area contributed by atoms with Crippen LogP contribution in [0, 0.1) is 0 Å². The zero-order valence-corrected chi connectivity index (χ0v) is 15.3. The summed E-state index contributed by atoms with van der Waals surface area (Å²) in [5.74, 6) is 0.0989. The topological polar surface area (TPSA) is 73.5 Å². The van der Waals surface area contributed by atoms with Gasteiger partial charge in [0, 0.05) is 41.5 Å². The van der Waals surface area contributed by atoms with E-state index in [-0.39, 0.29) is 17.9 Å². The van der Waals surface area contributed by atoms with Crippen molar-refractivity contribution in [2.24, 2.45) is 0 Å². The van der Waals surface area contributed by atoms with Gasteiger partial charge < -0.3 is 20.9 Å². The Morgan fingerprint density at radius 1 is 1.27 bits per heavy atom. The minimum absolute atomic E-state index is 0.00255. The van der Waals surface area contributed by atoms with E-state index in [1.807, 2.05) is 29.2 Å². The van der Waals surface area contributed by atoms with Gasteiger partial charge in [-0.15, -0.1) is 11.3 Å². The number of anilines is 1. The molecule has 7 heteroatoms. The number of hydrogen-bond donors (Lipinski definition) is 3. The molecule has 2 amide bonds. The second-order valence-electron chi connectivity index (χ2n) is 7.42. The van der Waals surface area contributed by atoms with Crippen LogP contribution in [0.4, 0.5) is 5.00 Å². The number of thiophene rings is 1. The number of benzene rings is 1. The first-order valence-electron chi connectivity index (χ1n) is 9.29. The highest BCUT2D eigenvalue weighted by Crippen LogP contribution is 2.34. The van der Waals surface area contributed by atoms with Gasteiger partial charge in [0.25, 0.3) is 5.91 Å². The maximum absolute atomic E-state index is 12.7. The molecule has 26 heavy (non-hydrogen) atoms. The Kier molecular flexibility index (Phi) is 3.95. The van der Waals surface area contributed by atoms with E-state index < -0.39 is 0 Å². The molecule has 3 fully saturated rings. The first-order chi connectivity index (χ1) is 12.7. The average Bonchev–Trinajstić information content (AvgIpc) is 3.36. The minimum Gasteiger partial charge on any atom is -0.348 e. The summed E-state index contributed by atoms with van der Waals surface area (Å²) in [6.07, 6.45) is 3.42. The third-order valence-electron chi connectivity index (χ3n) is 5.74. The molecular formula is C19H22N4O2S. The fraction of sp³-hybridized carbons (Fsp3) is 0.474. The molecule has 136 valence electrons. The molecule has 0 radical (unpaired) electrons. The highest BCUT2D eigenvalue weighted by molar-refractivity contribution is 7.23. The van der Waals surface area contributed by atoms with Crippen LogP contribution in [0.2, 0.25) is 0 Å². The zero-order chi connectivity index (χ0) is 17.7. The first kappa shape index (κ1) is 16.2. The molecule has 4 heterocycles. The molecule has 3 atom stereocenters. The molecule has 2 aromatic rings. The predicted molar refractivity (Wildman–Crippen MR) is 103 cm³/mol. The maximum Gasteiger partial charge on any atom is 0.251 e. The van der Waals surface area contributed by atoms with Crippen molar-refractivity contribution in [1.29, 1.82) is 0 Å². The summed E-state index contributed by atoms with van der Waals surface area (Å²) in [6, 6.07) is 9.09. The zero-order valence-electron chi connectivity index (χ0n) is 14.5. The number of nitrogens with zero attached hydrogens (tertiary/aromatic N) is 1. The Bertz CT molecular complexity index is 880. The highest BCUT2D eigenvalue weighted by atomic mass is 32.1. The van der Waals surface area contributed by atoms with Gasteiger partial charge in [0.15, 0.2) is 0 Å². The van der Waals surface area contributed by atoms with Crippen molar-refractivity contribution in [2.75, 3.05) is 24.5 Å². The minimum atomic E-state index is -0.00255. The number of rotatable bonds is 3. The smallest absolute Gasteiger partial charge is 0.251 e. The molecule has 3 aliphatic heterocycles. The van der Waals surface area contributed by atoms with Gasteiger partial charge in [-0.2, -0.15) is 0 Å². The van der Waals surface area contributed by atoms with Gasteiger partial charge in [0.1, 0.15) is 0 Å². The van der Waals surface area contributed by atoms with Crippen molar-refractivity contribution >= 4 is 38.2 Å². The molecule has 1 aromatic heterocycles. The fourth-order valence-corrected chi connectivity index (χ4v) is 5.46.